The van der Waals surface area contributed by atoms with Gasteiger partial charge in [0, 0.05) is 71.4 Å². The van der Waals surface area contributed by atoms with Gasteiger partial charge < -0.3 is 9.80 Å². The summed E-state index contributed by atoms with van der Waals surface area (Å²) < 4.78 is 0. The Morgan fingerprint density at radius 2 is 1.67 bits per heavy atom. The summed E-state index contributed by atoms with van der Waals surface area (Å²) in [5.74, 6) is -0.00446. The van der Waals surface area contributed by atoms with E-state index in [9.17, 15) is 9.59 Å². The van der Waals surface area contributed by atoms with Crippen LogP contribution in [0, 0.1) is 0 Å². The van der Waals surface area contributed by atoms with Crippen LogP contribution in [0.1, 0.15) is 43.7 Å². The fourth-order valence-corrected chi connectivity index (χ4v) is 5.11. The Morgan fingerprint density at radius 3 is 2.30 bits per heavy atom. The number of benzene rings is 1. The Morgan fingerprint density at radius 1 is 0.970 bits per heavy atom. The highest BCUT2D eigenvalue weighted by Crippen LogP contribution is 2.37. The molecule has 1 fully saturated rings. The van der Waals surface area contributed by atoms with Gasteiger partial charge in [0.2, 0.25) is 5.91 Å². The van der Waals surface area contributed by atoms with E-state index in [0.717, 1.165) is 27.3 Å². The normalized spacial score (nSPS) is 14.5. The summed E-state index contributed by atoms with van der Waals surface area (Å²) in [4.78, 5) is 33.7. The van der Waals surface area contributed by atoms with Gasteiger partial charge in [-0.3, -0.25) is 14.6 Å². The van der Waals surface area contributed by atoms with Crippen LogP contribution in [0.4, 0.5) is 0 Å². The molecule has 2 amide bonds. The van der Waals surface area contributed by atoms with E-state index in [1.54, 1.807) is 34.1 Å². The maximum atomic E-state index is 12.9. The molecule has 0 atom stereocenters. The van der Waals surface area contributed by atoms with Crippen LogP contribution in [0.5, 0.6) is 0 Å². The summed E-state index contributed by atoms with van der Waals surface area (Å²) in [6.45, 7) is 10.2. The van der Waals surface area contributed by atoms with Crippen molar-refractivity contribution in [2.75, 3.05) is 26.2 Å². The molecule has 0 bridgehead atoms. The number of piperazine rings is 1. The average Bonchev–Trinajstić information content (AvgIpc) is 3.28. The number of carbonyl (C=O) groups excluding carboxylic acids is 2. The molecule has 2 aromatic heterocycles. The van der Waals surface area contributed by atoms with E-state index in [1.807, 2.05) is 24.4 Å². The lowest BCUT2D eigenvalue weighted by Crippen LogP contribution is -2.50. The number of hydrogen-bond donors (Lipinski definition) is 0. The second-order valence-electron chi connectivity index (χ2n) is 9.37. The van der Waals surface area contributed by atoms with Crippen LogP contribution in [-0.4, -0.2) is 52.8 Å². The van der Waals surface area contributed by atoms with Gasteiger partial charge in [0.25, 0.3) is 5.91 Å². The van der Waals surface area contributed by atoms with Crippen molar-refractivity contribution in [3.8, 4) is 21.6 Å². The van der Waals surface area contributed by atoms with Gasteiger partial charge >= 0.3 is 0 Å². The predicted molar refractivity (Wildman–Crippen MR) is 135 cm³/mol. The fourth-order valence-electron chi connectivity index (χ4n) is 3.91. The zero-order chi connectivity index (χ0) is 23.8. The van der Waals surface area contributed by atoms with Crippen molar-refractivity contribution in [3.63, 3.8) is 0 Å². The van der Waals surface area contributed by atoms with Gasteiger partial charge in [-0.25, -0.2) is 0 Å². The molecule has 0 unspecified atom stereocenters. The van der Waals surface area contributed by atoms with Crippen LogP contribution in [0.25, 0.3) is 21.6 Å². The molecule has 0 spiro atoms. The molecular formula is C26H28ClN3O2S. The van der Waals surface area contributed by atoms with E-state index in [0.29, 0.717) is 36.8 Å². The van der Waals surface area contributed by atoms with E-state index in [-0.39, 0.29) is 17.2 Å². The van der Waals surface area contributed by atoms with Crippen molar-refractivity contribution < 1.29 is 9.59 Å². The monoisotopic (exact) mass is 481 g/mol. The van der Waals surface area contributed by atoms with Crippen LogP contribution in [0.15, 0.2) is 48.0 Å². The SMILES string of the molecule is CC(=O)N1CCN(C(=O)c2ccc(-c3csc(-c4ccnc(C(C)(C)C)c4)c3)c(Cl)c2)CC1. The summed E-state index contributed by atoms with van der Waals surface area (Å²) >= 11 is 8.29. The van der Waals surface area contributed by atoms with Gasteiger partial charge in [0.1, 0.15) is 0 Å². The molecule has 0 N–H and O–H groups in total. The van der Waals surface area contributed by atoms with Gasteiger partial charge in [0.15, 0.2) is 0 Å². The second kappa shape index (κ2) is 9.27. The number of amides is 2. The third kappa shape index (κ3) is 5.12. The number of carbonyl (C=O) groups is 2. The fraction of sp³-hybridized carbons (Fsp3) is 0.346. The lowest BCUT2D eigenvalue weighted by molar-refractivity contribution is -0.130. The number of halogens is 1. The first-order chi connectivity index (χ1) is 15.6. The highest BCUT2D eigenvalue weighted by Gasteiger charge is 2.24. The molecular weight excluding hydrogens is 454 g/mol. The van der Waals surface area contributed by atoms with Gasteiger partial charge in [-0.15, -0.1) is 11.3 Å². The Labute approximate surface area is 204 Å². The van der Waals surface area contributed by atoms with Crippen molar-refractivity contribution in [1.82, 2.24) is 14.8 Å². The highest BCUT2D eigenvalue weighted by atomic mass is 35.5. The quantitative estimate of drug-likeness (QED) is 0.479. The standard InChI is InChI=1S/C26H28ClN3O2S/c1-17(31)29-9-11-30(12-10-29)25(32)19-5-6-21(22(27)13-19)20-14-23(33-16-20)18-7-8-28-24(15-18)26(2,3)4/h5-8,13-16H,9-12H2,1-4H3. The second-order valence-corrected chi connectivity index (χ2v) is 10.7. The smallest absolute Gasteiger partial charge is 0.254 e. The Hall–Kier alpha value is -2.70. The number of thiophene rings is 1. The highest BCUT2D eigenvalue weighted by molar-refractivity contribution is 7.14. The van der Waals surface area contributed by atoms with Crippen LogP contribution >= 0.6 is 22.9 Å². The minimum Gasteiger partial charge on any atom is -0.339 e. The van der Waals surface area contributed by atoms with Gasteiger partial charge in [-0.05, 0) is 46.8 Å². The number of nitrogens with zero attached hydrogens (tertiary/aromatic N) is 3. The molecule has 1 saturated heterocycles. The molecule has 3 aromatic rings. The Bertz CT molecular complexity index is 1190. The molecule has 1 aliphatic heterocycles. The molecule has 5 nitrogen and oxygen atoms in total. The molecule has 1 aliphatic rings. The molecule has 33 heavy (non-hydrogen) atoms. The number of hydrogen-bond acceptors (Lipinski definition) is 4. The summed E-state index contributed by atoms with van der Waals surface area (Å²) in [7, 11) is 0. The van der Waals surface area contributed by atoms with E-state index >= 15 is 0 Å². The molecule has 7 heteroatoms. The molecule has 4 rings (SSSR count). The summed E-state index contributed by atoms with van der Waals surface area (Å²) in [6, 6.07) is 11.8. The Kier molecular flexibility index (Phi) is 6.59. The zero-order valence-corrected chi connectivity index (χ0v) is 21.0. The van der Waals surface area contributed by atoms with Crippen molar-refractivity contribution in [2.45, 2.75) is 33.1 Å². The third-order valence-corrected chi connectivity index (χ3v) is 7.24. The molecule has 3 heterocycles. The van der Waals surface area contributed by atoms with Crippen LogP contribution in [-0.2, 0) is 10.2 Å². The first-order valence-electron chi connectivity index (χ1n) is 11.0. The van der Waals surface area contributed by atoms with E-state index in [2.05, 4.69) is 43.3 Å². The minimum absolute atomic E-state index is 0.0134. The van der Waals surface area contributed by atoms with E-state index in [4.69, 9.17) is 11.6 Å². The zero-order valence-electron chi connectivity index (χ0n) is 19.4. The maximum absolute atomic E-state index is 12.9. The van der Waals surface area contributed by atoms with Gasteiger partial charge in [-0.2, -0.15) is 0 Å². The first-order valence-corrected chi connectivity index (χ1v) is 12.3. The molecule has 0 aliphatic carbocycles. The van der Waals surface area contributed by atoms with Crippen LogP contribution in [0.2, 0.25) is 5.02 Å². The third-order valence-electron chi connectivity index (χ3n) is 5.95. The van der Waals surface area contributed by atoms with Gasteiger partial charge in [0.05, 0.1) is 0 Å². The van der Waals surface area contributed by atoms with Crippen molar-refractivity contribution in [2.24, 2.45) is 0 Å². The summed E-state index contributed by atoms with van der Waals surface area (Å²) in [5.41, 5.74) is 4.68. The lowest BCUT2D eigenvalue weighted by atomic mass is 9.90. The summed E-state index contributed by atoms with van der Waals surface area (Å²) in [5, 5.41) is 2.65. The van der Waals surface area contributed by atoms with Crippen LogP contribution in [0.3, 0.4) is 0 Å². The lowest BCUT2D eigenvalue weighted by Gasteiger charge is -2.34. The average molecular weight is 482 g/mol. The van der Waals surface area contributed by atoms with E-state index < -0.39 is 0 Å². The minimum atomic E-state index is -0.0517. The number of rotatable bonds is 3. The topological polar surface area (TPSA) is 53.5 Å². The van der Waals surface area contributed by atoms with Gasteiger partial charge in [-0.1, -0.05) is 38.4 Å². The number of pyridine rings is 1. The predicted octanol–water partition coefficient (Wildman–Crippen LogP) is 5.73. The molecule has 172 valence electrons. The van der Waals surface area contributed by atoms with E-state index in [1.165, 1.54) is 0 Å². The maximum Gasteiger partial charge on any atom is 0.254 e. The molecule has 0 radical (unpaired) electrons. The van der Waals surface area contributed by atoms with Crippen molar-refractivity contribution >= 4 is 34.8 Å². The summed E-state index contributed by atoms with van der Waals surface area (Å²) in [6.07, 6.45) is 1.86. The molecule has 0 saturated carbocycles. The Balaban J connectivity index is 1.52. The van der Waals surface area contributed by atoms with Crippen molar-refractivity contribution in [1.29, 1.82) is 0 Å². The first kappa shape index (κ1) is 23.5. The van der Waals surface area contributed by atoms with Crippen LogP contribution < -0.4 is 0 Å². The van der Waals surface area contributed by atoms with Crippen molar-refractivity contribution in [3.05, 3.63) is 64.3 Å². The number of aromatic nitrogens is 1. The molecule has 1 aromatic carbocycles. The largest absolute Gasteiger partial charge is 0.339 e.